The van der Waals surface area contributed by atoms with Crippen molar-refractivity contribution >= 4 is 5.78 Å². The van der Waals surface area contributed by atoms with Crippen LogP contribution in [-0.4, -0.2) is 11.7 Å². The maximum Gasteiger partial charge on any atom is 0.253 e. The van der Waals surface area contributed by atoms with Crippen molar-refractivity contribution < 1.29 is 13.6 Å². The molecule has 4 rings (SSSR count). The molecular formula is C19H28F2O. The van der Waals surface area contributed by atoms with Crippen LogP contribution in [0.4, 0.5) is 8.78 Å². The van der Waals surface area contributed by atoms with Gasteiger partial charge in [0.05, 0.1) is 0 Å². The summed E-state index contributed by atoms with van der Waals surface area (Å²) in [5.41, 5.74) is -0.530. The smallest absolute Gasteiger partial charge is 0.253 e. The first-order valence-electron chi connectivity index (χ1n) is 9.17. The van der Waals surface area contributed by atoms with Crippen LogP contribution in [0.5, 0.6) is 0 Å². The molecule has 0 heterocycles. The summed E-state index contributed by atoms with van der Waals surface area (Å²) < 4.78 is 28.9. The molecule has 6 atom stereocenters. The van der Waals surface area contributed by atoms with Crippen LogP contribution in [0.2, 0.25) is 0 Å². The summed E-state index contributed by atoms with van der Waals surface area (Å²) in [5, 5.41) is 0. The molecular weight excluding hydrogens is 282 g/mol. The Labute approximate surface area is 132 Å². The Bertz CT molecular complexity index is 502. The maximum absolute atomic E-state index is 14.5. The number of fused-ring (bicyclic) bond motifs is 5. The number of rotatable bonds is 0. The lowest BCUT2D eigenvalue weighted by Crippen LogP contribution is -2.55. The summed E-state index contributed by atoms with van der Waals surface area (Å²) in [6.07, 6.45) is 7.07. The molecule has 4 saturated carbocycles. The van der Waals surface area contributed by atoms with E-state index in [0.29, 0.717) is 42.8 Å². The Morgan fingerprint density at radius 1 is 0.955 bits per heavy atom. The van der Waals surface area contributed by atoms with Crippen LogP contribution in [0.25, 0.3) is 0 Å². The number of Topliss-reactive ketones (excluding diaryl/α,β-unsaturated/α-hetero) is 1. The molecule has 0 amide bonds. The van der Waals surface area contributed by atoms with Crippen molar-refractivity contribution in [3.63, 3.8) is 0 Å². The maximum atomic E-state index is 14.5. The summed E-state index contributed by atoms with van der Waals surface area (Å²) in [6.45, 7) is 4.23. The molecule has 0 unspecified atom stereocenters. The highest BCUT2D eigenvalue weighted by molar-refractivity contribution is 5.79. The third-order valence-electron chi connectivity index (χ3n) is 8.48. The zero-order valence-electron chi connectivity index (χ0n) is 13.8. The van der Waals surface area contributed by atoms with Gasteiger partial charge in [-0.15, -0.1) is 0 Å². The van der Waals surface area contributed by atoms with Gasteiger partial charge >= 0.3 is 0 Å². The van der Waals surface area contributed by atoms with Crippen LogP contribution >= 0.6 is 0 Å². The van der Waals surface area contributed by atoms with Gasteiger partial charge in [0.1, 0.15) is 5.78 Å². The van der Waals surface area contributed by atoms with Crippen molar-refractivity contribution in [2.24, 2.45) is 34.5 Å². The van der Waals surface area contributed by atoms with Crippen molar-refractivity contribution in [3.8, 4) is 0 Å². The Morgan fingerprint density at radius 2 is 1.68 bits per heavy atom. The SMILES string of the molecule is C[C@]12CCC(=O)C[C@@H]1CC[C@H]1[C@H]3CCC(F)(F)[C@@]3(C)CC[C@@H]12. The average molecular weight is 310 g/mol. The van der Waals surface area contributed by atoms with Crippen LogP contribution in [0.15, 0.2) is 0 Å². The molecule has 4 aliphatic rings. The molecule has 0 aromatic rings. The number of carbonyl (C=O) groups is 1. The minimum Gasteiger partial charge on any atom is -0.300 e. The van der Waals surface area contributed by atoms with E-state index in [1.165, 1.54) is 0 Å². The molecule has 1 nitrogen and oxygen atoms in total. The number of hydrogen-bond donors (Lipinski definition) is 0. The van der Waals surface area contributed by atoms with Crippen LogP contribution in [0.3, 0.4) is 0 Å². The van der Waals surface area contributed by atoms with Gasteiger partial charge < -0.3 is 0 Å². The third-order valence-corrected chi connectivity index (χ3v) is 8.48. The van der Waals surface area contributed by atoms with Crippen molar-refractivity contribution in [1.29, 1.82) is 0 Å². The lowest BCUT2D eigenvalue weighted by molar-refractivity contribution is -0.170. The molecule has 124 valence electrons. The van der Waals surface area contributed by atoms with E-state index < -0.39 is 11.3 Å². The van der Waals surface area contributed by atoms with E-state index in [1.807, 2.05) is 6.92 Å². The average Bonchev–Trinajstić information content (AvgIpc) is 2.70. The normalized spacial score (nSPS) is 53.5. The van der Waals surface area contributed by atoms with Crippen LogP contribution in [0, 0.1) is 34.5 Å². The van der Waals surface area contributed by atoms with Gasteiger partial charge in [-0.3, -0.25) is 4.79 Å². The molecule has 4 aliphatic carbocycles. The number of ketones is 1. The zero-order valence-corrected chi connectivity index (χ0v) is 13.8. The van der Waals surface area contributed by atoms with E-state index in [0.717, 1.165) is 32.1 Å². The molecule has 0 aromatic carbocycles. The lowest BCUT2D eigenvalue weighted by atomic mass is 9.45. The van der Waals surface area contributed by atoms with Gasteiger partial charge in [-0.25, -0.2) is 8.78 Å². The lowest BCUT2D eigenvalue weighted by Gasteiger charge is -2.60. The first-order chi connectivity index (χ1) is 10.3. The molecule has 0 saturated heterocycles. The highest BCUT2D eigenvalue weighted by atomic mass is 19.3. The summed E-state index contributed by atoms with van der Waals surface area (Å²) in [7, 11) is 0. The standard InChI is InChI=1S/C19H28F2O/c1-17-8-5-13(22)11-12(17)3-4-14-15(17)6-9-18(2)16(14)7-10-19(18,20)21/h12,14-16H,3-11H2,1-2H3/t12-,14+,15-,16+,17-,18-/m0/s1. The number of hydrogen-bond acceptors (Lipinski definition) is 1. The van der Waals surface area contributed by atoms with Crippen LogP contribution in [-0.2, 0) is 4.79 Å². The van der Waals surface area contributed by atoms with E-state index in [-0.39, 0.29) is 17.8 Å². The Kier molecular flexibility index (Phi) is 3.11. The van der Waals surface area contributed by atoms with Crippen molar-refractivity contribution in [2.45, 2.75) is 77.6 Å². The molecule has 0 N–H and O–H groups in total. The van der Waals surface area contributed by atoms with Crippen molar-refractivity contribution in [3.05, 3.63) is 0 Å². The van der Waals surface area contributed by atoms with Crippen LogP contribution in [0.1, 0.15) is 71.6 Å². The molecule has 3 heteroatoms. The summed E-state index contributed by atoms with van der Waals surface area (Å²) in [6, 6.07) is 0. The minimum atomic E-state index is -2.47. The van der Waals surface area contributed by atoms with Gasteiger partial charge in [0.25, 0.3) is 5.92 Å². The Morgan fingerprint density at radius 3 is 2.45 bits per heavy atom. The fraction of sp³-hybridized carbons (Fsp3) is 0.947. The van der Waals surface area contributed by atoms with Crippen LogP contribution < -0.4 is 0 Å². The number of carbonyl (C=O) groups excluding carboxylic acids is 1. The molecule has 0 bridgehead atoms. The van der Waals surface area contributed by atoms with Gasteiger partial charge in [-0.2, -0.15) is 0 Å². The fourth-order valence-electron chi connectivity index (χ4n) is 6.97. The minimum absolute atomic E-state index is 0.0933. The zero-order chi connectivity index (χ0) is 15.8. The van der Waals surface area contributed by atoms with Gasteiger partial charge in [-0.05, 0) is 67.6 Å². The van der Waals surface area contributed by atoms with Gasteiger partial charge in [0.15, 0.2) is 0 Å². The molecule has 0 radical (unpaired) electrons. The first kappa shape index (κ1) is 15.1. The Balaban J connectivity index is 1.65. The second-order valence-electron chi connectivity index (χ2n) is 9.10. The largest absolute Gasteiger partial charge is 0.300 e. The predicted molar refractivity (Wildman–Crippen MR) is 81.7 cm³/mol. The highest BCUT2D eigenvalue weighted by Crippen LogP contribution is 2.69. The van der Waals surface area contributed by atoms with Gasteiger partial charge in [0, 0.05) is 24.7 Å². The first-order valence-corrected chi connectivity index (χ1v) is 9.17. The number of halogens is 2. The topological polar surface area (TPSA) is 17.1 Å². The second-order valence-corrected chi connectivity index (χ2v) is 9.10. The third kappa shape index (κ3) is 1.77. The van der Waals surface area contributed by atoms with Gasteiger partial charge in [-0.1, -0.05) is 13.8 Å². The Hall–Kier alpha value is -0.470. The van der Waals surface area contributed by atoms with Crippen molar-refractivity contribution in [2.75, 3.05) is 0 Å². The summed E-state index contributed by atoms with van der Waals surface area (Å²) >= 11 is 0. The summed E-state index contributed by atoms with van der Waals surface area (Å²) in [4.78, 5) is 11.8. The predicted octanol–water partition coefficient (Wildman–Crippen LogP) is 5.23. The second kappa shape index (κ2) is 4.54. The van der Waals surface area contributed by atoms with E-state index in [1.54, 1.807) is 0 Å². The molecule has 0 aliphatic heterocycles. The van der Waals surface area contributed by atoms with E-state index in [9.17, 15) is 13.6 Å². The van der Waals surface area contributed by atoms with E-state index in [2.05, 4.69) is 6.92 Å². The fourth-order valence-corrected chi connectivity index (χ4v) is 6.97. The quantitative estimate of drug-likeness (QED) is 0.598. The molecule has 0 spiro atoms. The number of alkyl halides is 2. The summed E-state index contributed by atoms with van der Waals surface area (Å²) in [5.74, 6) is -0.275. The van der Waals surface area contributed by atoms with Crippen molar-refractivity contribution in [1.82, 2.24) is 0 Å². The monoisotopic (exact) mass is 310 g/mol. The van der Waals surface area contributed by atoms with E-state index in [4.69, 9.17) is 0 Å². The molecule has 4 fully saturated rings. The van der Waals surface area contributed by atoms with Gasteiger partial charge in [0.2, 0.25) is 0 Å². The highest BCUT2D eigenvalue weighted by Gasteiger charge is 2.66. The molecule has 22 heavy (non-hydrogen) atoms. The molecule has 0 aromatic heterocycles. The van der Waals surface area contributed by atoms with E-state index >= 15 is 0 Å².